The number of nitrogens with one attached hydrogen (secondary N) is 2. The van der Waals surface area contributed by atoms with Crippen LogP contribution in [0.4, 0.5) is 10.2 Å². The molecule has 190 valence electrons. The number of likely N-dealkylation sites (tertiary alicyclic amines) is 1. The highest BCUT2D eigenvalue weighted by Gasteiger charge is 2.26. The molecule has 4 N–H and O–H groups in total. The summed E-state index contributed by atoms with van der Waals surface area (Å²) in [4.78, 5) is 31.4. The molecule has 1 aliphatic rings. The summed E-state index contributed by atoms with van der Waals surface area (Å²) in [6.45, 7) is 2.04. The van der Waals surface area contributed by atoms with Crippen LogP contribution >= 0.6 is 0 Å². The molecule has 37 heavy (non-hydrogen) atoms. The molecule has 0 saturated carbocycles. The van der Waals surface area contributed by atoms with Crippen molar-refractivity contribution in [2.24, 2.45) is 11.7 Å². The van der Waals surface area contributed by atoms with E-state index in [-0.39, 0.29) is 30.1 Å². The van der Waals surface area contributed by atoms with Crippen LogP contribution in [0.25, 0.3) is 11.3 Å². The van der Waals surface area contributed by atoms with E-state index in [0.717, 1.165) is 12.0 Å². The highest BCUT2D eigenvalue weighted by atomic mass is 19.1. The highest BCUT2D eigenvalue weighted by molar-refractivity contribution is 5.99. The van der Waals surface area contributed by atoms with E-state index in [4.69, 9.17) is 5.73 Å². The molecule has 2 amide bonds. The molecule has 4 rings (SSSR count). The third-order valence-corrected chi connectivity index (χ3v) is 6.42. The summed E-state index contributed by atoms with van der Waals surface area (Å²) in [5.74, 6) is -0.144. The Bertz CT molecular complexity index is 1320. The monoisotopic (exact) mass is 500 g/mol. The second-order valence-electron chi connectivity index (χ2n) is 8.97. The fourth-order valence-corrected chi connectivity index (χ4v) is 4.44. The summed E-state index contributed by atoms with van der Waals surface area (Å²) >= 11 is 0. The van der Waals surface area contributed by atoms with Crippen LogP contribution in [0.2, 0.25) is 0 Å². The number of anilines is 1. The number of rotatable bonds is 9. The molecule has 9 heteroatoms. The van der Waals surface area contributed by atoms with Gasteiger partial charge >= 0.3 is 0 Å². The topological polar surface area (TPSA) is 124 Å². The molecule has 1 unspecified atom stereocenters. The average Bonchev–Trinajstić information content (AvgIpc) is 3.40. The number of carbonyl (C=O) groups is 2. The molecule has 1 aromatic heterocycles. The van der Waals surface area contributed by atoms with E-state index in [0.29, 0.717) is 60.8 Å². The number of nitrogens with zero attached hydrogens (tertiary/aromatic N) is 3. The molecule has 1 aliphatic heterocycles. The van der Waals surface area contributed by atoms with Crippen LogP contribution < -0.4 is 16.4 Å². The predicted octanol–water partition coefficient (Wildman–Crippen LogP) is 2.95. The van der Waals surface area contributed by atoms with Gasteiger partial charge < -0.3 is 21.3 Å². The van der Waals surface area contributed by atoms with Crippen molar-refractivity contribution < 1.29 is 14.0 Å². The van der Waals surface area contributed by atoms with Crippen molar-refractivity contribution in [2.75, 3.05) is 38.0 Å². The quantitative estimate of drug-likeness (QED) is 0.415. The smallest absolute Gasteiger partial charge is 0.255 e. The van der Waals surface area contributed by atoms with Crippen molar-refractivity contribution in [3.63, 3.8) is 0 Å². The summed E-state index contributed by atoms with van der Waals surface area (Å²) in [6, 6.07) is 19.1. The normalized spacial score (nSPS) is 14.7. The number of pyridine rings is 1. The van der Waals surface area contributed by atoms with Gasteiger partial charge in [0.05, 0.1) is 29.4 Å². The molecule has 0 radical (unpaired) electrons. The van der Waals surface area contributed by atoms with Gasteiger partial charge in [0, 0.05) is 31.7 Å². The number of nitriles is 1. The first-order chi connectivity index (χ1) is 18.0. The Kier molecular flexibility index (Phi) is 8.44. The summed E-state index contributed by atoms with van der Waals surface area (Å²) in [5.41, 5.74) is 8.36. The molecule has 0 bridgehead atoms. The van der Waals surface area contributed by atoms with E-state index in [9.17, 15) is 19.2 Å². The lowest BCUT2D eigenvalue weighted by molar-refractivity contribution is -0.128. The zero-order chi connectivity index (χ0) is 26.2. The number of hydrogen-bond acceptors (Lipinski definition) is 6. The van der Waals surface area contributed by atoms with Crippen molar-refractivity contribution in [3.05, 3.63) is 83.2 Å². The van der Waals surface area contributed by atoms with Gasteiger partial charge in [0.2, 0.25) is 5.91 Å². The van der Waals surface area contributed by atoms with Gasteiger partial charge in [-0.05, 0) is 54.7 Å². The lowest BCUT2D eigenvalue weighted by atomic mass is 10.0. The summed E-state index contributed by atoms with van der Waals surface area (Å²) < 4.78 is 13.6. The van der Waals surface area contributed by atoms with Gasteiger partial charge in [-0.2, -0.15) is 5.26 Å². The maximum atomic E-state index is 13.6. The Morgan fingerprint density at radius 1 is 1.16 bits per heavy atom. The minimum Gasteiger partial charge on any atom is -0.369 e. The molecular weight excluding hydrogens is 471 g/mol. The molecule has 8 nitrogen and oxygen atoms in total. The van der Waals surface area contributed by atoms with Crippen LogP contribution in [0, 0.1) is 23.1 Å². The number of halogens is 1. The van der Waals surface area contributed by atoms with E-state index in [1.165, 1.54) is 12.1 Å². The second-order valence-corrected chi connectivity index (χ2v) is 8.97. The molecule has 1 saturated heterocycles. The van der Waals surface area contributed by atoms with Crippen molar-refractivity contribution in [1.29, 1.82) is 5.26 Å². The van der Waals surface area contributed by atoms with E-state index in [1.54, 1.807) is 35.2 Å². The van der Waals surface area contributed by atoms with Crippen molar-refractivity contribution in [3.8, 4) is 17.3 Å². The number of hydrogen-bond donors (Lipinski definition) is 3. The summed E-state index contributed by atoms with van der Waals surface area (Å²) in [7, 11) is 0. The van der Waals surface area contributed by atoms with Gasteiger partial charge in [-0.3, -0.25) is 9.59 Å². The zero-order valence-electron chi connectivity index (χ0n) is 20.4. The number of aromatic nitrogens is 1. The van der Waals surface area contributed by atoms with Crippen LogP contribution in [0.5, 0.6) is 0 Å². The van der Waals surface area contributed by atoms with Gasteiger partial charge in [-0.15, -0.1) is 0 Å². The van der Waals surface area contributed by atoms with Crippen LogP contribution in [-0.4, -0.2) is 54.4 Å². The third-order valence-electron chi connectivity index (χ3n) is 6.42. The third kappa shape index (κ3) is 6.48. The van der Waals surface area contributed by atoms with Gasteiger partial charge in [0.15, 0.2) is 0 Å². The second kappa shape index (κ2) is 12.1. The Morgan fingerprint density at radius 3 is 2.78 bits per heavy atom. The molecule has 1 atom stereocenters. The zero-order valence-corrected chi connectivity index (χ0v) is 20.4. The van der Waals surface area contributed by atoms with Crippen LogP contribution in [0.3, 0.4) is 0 Å². The fraction of sp³-hybridized carbons (Fsp3) is 0.286. The first-order valence-electron chi connectivity index (χ1n) is 12.2. The van der Waals surface area contributed by atoms with Gasteiger partial charge in [0.25, 0.3) is 5.91 Å². The maximum Gasteiger partial charge on any atom is 0.255 e. The first kappa shape index (κ1) is 25.8. The first-order valence-corrected chi connectivity index (χ1v) is 12.2. The van der Waals surface area contributed by atoms with Crippen molar-refractivity contribution in [1.82, 2.24) is 15.2 Å². The van der Waals surface area contributed by atoms with Crippen LogP contribution in [0.1, 0.15) is 27.9 Å². The summed E-state index contributed by atoms with van der Waals surface area (Å²) in [6.07, 6.45) is 1.33. The number of benzene rings is 2. The predicted molar refractivity (Wildman–Crippen MR) is 139 cm³/mol. The maximum absolute atomic E-state index is 13.6. The molecular formula is C28H29FN6O2. The Hall–Kier alpha value is -4.29. The Balaban J connectivity index is 1.51. The molecule has 1 fully saturated rings. The van der Waals surface area contributed by atoms with E-state index >= 15 is 0 Å². The molecule has 2 aromatic carbocycles. The molecule has 0 spiro atoms. The summed E-state index contributed by atoms with van der Waals surface area (Å²) in [5, 5.41) is 15.7. The van der Waals surface area contributed by atoms with E-state index in [1.807, 2.05) is 18.2 Å². The van der Waals surface area contributed by atoms with E-state index in [2.05, 4.69) is 21.7 Å². The number of carbonyl (C=O) groups excluding carboxylic acids is 2. The highest BCUT2D eigenvalue weighted by Crippen LogP contribution is 2.25. The molecule has 3 aromatic rings. The van der Waals surface area contributed by atoms with E-state index < -0.39 is 0 Å². The SMILES string of the molecule is N#Cc1ccccc1-c1ccc(C(=O)NCC2CCN(C(=O)CN)C2)c(NCCc2cccc(F)c2)n1. The van der Waals surface area contributed by atoms with Gasteiger partial charge in [-0.1, -0.05) is 30.3 Å². The standard InChI is InChI=1S/C28H29FN6O2/c29-22-6-3-4-19(14-22)10-12-32-27-24(8-9-25(34-27)23-7-2-1-5-21(23)15-30)28(37)33-17-20-11-13-35(18-20)26(36)16-31/h1-9,14,20H,10-13,16-18,31H2,(H,32,34)(H,33,37). The average molecular weight is 501 g/mol. The lowest BCUT2D eigenvalue weighted by Crippen LogP contribution is -2.36. The largest absolute Gasteiger partial charge is 0.369 e. The van der Waals surface area contributed by atoms with Crippen molar-refractivity contribution in [2.45, 2.75) is 12.8 Å². The van der Waals surface area contributed by atoms with Gasteiger partial charge in [-0.25, -0.2) is 9.37 Å². The number of amides is 2. The Morgan fingerprint density at radius 2 is 2.00 bits per heavy atom. The van der Waals surface area contributed by atoms with Crippen molar-refractivity contribution >= 4 is 17.6 Å². The van der Waals surface area contributed by atoms with Crippen LogP contribution in [0.15, 0.2) is 60.7 Å². The number of nitrogens with two attached hydrogens (primary N) is 1. The molecule has 2 heterocycles. The van der Waals surface area contributed by atoms with Gasteiger partial charge in [0.1, 0.15) is 11.6 Å². The van der Waals surface area contributed by atoms with Crippen LogP contribution in [-0.2, 0) is 11.2 Å². The minimum atomic E-state index is -0.301. The molecule has 0 aliphatic carbocycles. The lowest BCUT2D eigenvalue weighted by Gasteiger charge is -2.17. The fourth-order valence-electron chi connectivity index (χ4n) is 4.44. The Labute approximate surface area is 215 Å². The minimum absolute atomic E-state index is 0.0172.